The van der Waals surface area contributed by atoms with Crippen molar-refractivity contribution in [3.63, 3.8) is 0 Å². The molecule has 0 atom stereocenters. The minimum atomic E-state index is 0.0515. The summed E-state index contributed by atoms with van der Waals surface area (Å²) in [6, 6.07) is 20.2. The van der Waals surface area contributed by atoms with Crippen LogP contribution in [0.3, 0.4) is 0 Å². The van der Waals surface area contributed by atoms with Crippen LogP contribution in [-0.4, -0.2) is 55.0 Å². The predicted octanol–water partition coefficient (Wildman–Crippen LogP) is 4.23. The van der Waals surface area contributed by atoms with Crippen molar-refractivity contribution in [1.82, 2.24) is 9.80 Å². The predicted molar refractivity (Wildman–Crippen MR) is 118 cm³/mol. The lowest BCUT2D eigenvalue weighted by molar-refractivity contribution is -0.136. The topological polar surface area (TPSA) is 32.8 Å². The summed E-state index contributed by atoms with van der Waals surface area (Å²) in [7, 11) is 0. The van der Waals surface area contributed by atoms with Gasteiger partial charge in [-0.3, -0.25) is 4.79 Å². The van der Waals surface area contributed by atoms with Crippen molar-refractivity contribution in [2.45, 2.75) is 25.9 Å². The van der Waals surface area contributed by atoms with E-state index in [1.807, 2.05) is 53.4 Å². The molecule has 1 amide bonds. The molecule has 0 bridgehead atoms. The van der Waals surface area contributed by atoms with Gasteiger partial charge in [0.1, 0.15) is 6.61 Å². The second kappa shape index (κ2) is 12.2. The van der Waals surface area contributed by atoms with Gasteiger partial charge >= 0.3 is 0 Å². The Kier molecular flexibility index (Phi) is 8.95. The number of carbonyl (C=O) groups excluding carboxylic acids is 1. The fraction of sp³-hybridized carbons (Fsp3) is 0.400. The van der Waals surface area contributed by atoms with E-state index in [9.17, 15) is 4.79 Å². The molecule has 0 saturated carbocycles. The number of hydrogen-bond donors (Lipinski definition) is 0. The normalized spacial score (nSPS) is 14.9. The minimum Gasteiger partial charge on any atom is -0.367 e. The summed E-state index contributed by atoms with van der Waals surface area (Å²) < 4.78 is 5.69. The molecule has 1 heterocycles. The number of amides is 1. The molecule has 0 spiro atoms. The average molecular weight is 393 g/mol. The van der Waals surface area contributed by atoms with Crippen LogP contribution in [0.15, 0.2) is 66.7 Å². The van der Waals surface area contributed by atoms with Gasteiger partial charge < -0.3 is 14.5 Å². The van der Waals surface area contributed by atoms with Crippen LogP contribution < -0.4 is 0 Å². The molecule has 0 N–H and O–H groups in total. The number of hydrogen-bond acceptors (Lipinski definition) is 3. The Bertz CT molecular complexity index is 740. The fourth-order valence-electron chi connectivity index (χ4n) is 3.56. The molecule has 2 aromatic carbocycles. The van der Waals surface area contributed by atoms with E-state index >= 15 is 0 Å². The van der Waals surface area contributed by atoms with E-state index in [4.69, 9.17) is 4.74 Å². The van der Waals surface area contributed by atoms with Crippen LogP contribution in [0.25, 0.3) is 6.08 Å². The van der Waals surface area contributed by atoms with E-state index < -0.39 is 0 Å². The summed E-state index contributed by atoms with van der Waals surface area (Å²) >= 11 is 0. The van der Waals surface area contributed by atoms with Crippen molar-refractivity contribution in [1.29, 1.82) is 0 Å². The number of piperidine rings is 1. The summed E-state index contributed by atoms with van der Waals surface area (Å²) in [6.07, 6.45) is 8.00. The van der Waals surface area contributed by atoms with E-state index in [0.717, 1.165) is 37.3 Å². The van der Waals surface area contributed by atoms with Crippen molar-refractivity contribution < 1.29 is 9.53 Å². The van der Waals surface area contributed by atoms with Crippen LogP contribution in [0.1, 0.15) is 30.4 Å². The Morgan fingerprint density at radius 3 is 2.38 bits per heavy atom. The van der Waals surface area contributed by atoms with Gasteiger partial charge in [-0.25, -0.2) is 0 Å². The molecule has 154 valence electrons. The molecule has 0 radical (unpaired) electrons. The van der Waals surface area contributed by atoms with Crippen LogP contribution in [0.4, 0.5) is 0 Å². The zero-order valence-electron chi connectivity index (χ0n) is 17.2. The van der Waals surface area contributed by atoms with E-state index in [-0.39, 0.29) is 12.5 Å². The minimum absolute atomic E-state index is 0.0515. The van der Waals surface area contributed by atoms with Gasteiger partial charge in [0.25, 0.3) is 0 Å². The third kappa shape index (κ3) is 7.84. The lowest BCUT2D eigenvalue weighted by Crippen LogP contribution is -2.41. The van der Waals surface area contributed by atoms with Crippen molar-refractivity contribution >= 4 is 12.0 Å². The van der Waals surface area contributed by atoms with Gasteiger partial charge in [0, 0.05) is 19.6 Å². The highest BCUT2D eigenvalue weighted by molar-refractivity contribution is 5.77. The monoisotopic (exact) mass is 392 g/mol. The Hall–Kier alpha value is -2.43. The molecule has 29 heavy (non-hydrogen) atoms. The van der Waals surface area contributed by atoms with Crippen LogP contribution >= 0.6 is 0 Å². The van der Waals surface area contributed by atoms with Gasteiger partial charge in [-0.1, -0.05) is 79.2 Å². The highest BCUT2D eigenvalue weighted by Gasteiger charge is 2.16. The largest absolute Gasteiger partial charge is 0.367 e. The molecular weight excluding hydrogens is 360 g/mol. The Morgan fingerprint density at radius 2 is 1.66 bits per heavy atom. The fourth-order valence-corrected chi connectivity index (χ4v) is 3.56. The Labute approximate surface area is 174 Å². The quantitative estimate of drug-likeness (QED) is 0.607. The van der Waals surface area contributed by atoms with Gasteiger partial charge in [0.15, 0.2) is 0 Å². The standard InChI is InChI=1S/C25H32N2O2/c28-25(22-29-21-24-13-6-2-7-14-24)27(20-19-26-16-8-3-9-17-26)18-10-15-23-11-4-1-5-12-23/h1-2,4-7,10-15H,3,8-9,16-22H2/b15-10+. The van der Waals surface area contributed by atoms with Crippen molar-refractivity contribution in [3.8, 4) is 0 Å². The molecule has 0 unspecified atom stereocenters. The molecule has 0 aromatic heterocycles. The molecule has 0 aliphatic carbocycles. The van der Waals surface area contributed by atoms with E-state index in [2.05, 4.69) is 29.2 Å². The first-order valence-electron chi connectivity index (χ1n) is 10.6. The Morgan fingerprint density at radius 1 is 0.966 bits per heavy atom. The lowest BCUT2D eigenvalue weighted by atomic mass is 10.1. The zero-order valence-corrected chi connectivity index (χ0v) is 17.2. The van der Waals surface area contributed by atoms with Crippen LogP contribution in [0.5, 0.6) is 0 Å². The smallest absolute Gasteiger partial charge is 0.248 e. The number of nitrogens with zero attached hydrogens (tertiary/aromatic N) is 2. The molecule has 1 fully saturated rings. The second-order valence-electron chi connectivity index (χ2n) is 7.53. The van der Waals surface area contributed by atoms with Gasteiger partial charge in [0.05, 0.1) is 6.61 Å². The van der Waals surface area contributed by atoms with Crippen LogP contribution in [0.2, 0.25) is 0 Å². The summed E-state index contributed by atoms with van der Waals surface area (Å²) in [6.45, 7) is 5.16. The van der Waals surface area contributed by atoms with E-state index in [0.29, 0.717) is 13.2 Å². The molecule has 1 aliphatic heterocycles. The molecule has 1 aliphatic rings. The maximum atomic E-state index is 12.8. The second-order valence-corrected chi connectivity index (χ2v) is 7.53. The van der Waals surface area contributed by atoms with Crippen LogP contribution in [0, 0.1) is 0 Å². The van der Waals surface area contributed by atoms with E-state index in [1.165, 1.54) is 19.3 Å². The molecule has 3 rings (SSSR count). The number of rotatable bonds is 10. The molecule has 1 saturated heterocycles. The van der Waals surface area contributed by atoms with Gasteiger partial charge in [-0.2, -0.15) is 0 Å². The maximum Gasteiger partial charge on any atom is 0.248 e. The molecule has 4 nitrogen and oxygen atoms in total. The number of ether oxygens (including phenoxy) is 1. The molecule has 2 aromatic rings. The maximum absolute atomic E-state index is 12.8. The highest BCUT2D eigenvalue weighted by Crippen LogP contribution is 2.09. The van der Waals surface area contributed by atoms with Crippen molar-refractivity contribution in [2.24, 2.45) is 0 Å². The SMILES string of the molecule is O=C(COCc1ccccc1)N(C/C=C/c1ccccc1)CCN1CCCCC1. The average Bonchev–Trinajstić information content (AvgIpc) is 2.78. The van der Waals surface area contributed by atoms with Crippen LogP contribution in [-0.2, 0) is 16.1 Å². The number of likely N-dealkylation sites (tertiary alicyclic amines) is 1. The summed E-state index contributed by atoms with van der Waals surface area (Å²) in [5, 5.41) is 0. The highest BCUT2D eigenvalue weighted by atomic mass is 16.5. The first-order chi connectivity index (χ1) is 14.3. The van der Waals surface area contributed by atoms with E-state index in [1.54, 1.807) is 0 Å². The van der Waals surface area contributed by atoms with Crippen molar-refractivity contribution in [2.75, 3.05) is 39.3 Å². The van der Waals surface area contributed by atoms with Gasteiger partial charge in [0.2, 0.25) is 5.91 Å². The number of benzene rings is 2. The van der Waals surface area contributed by atoms with Gasteiger partial charge in [-0.05, 0) is 37.1 Å². The third-order valence-corrected chi connectivity index (χ3v) is 5.26. The summed E-state index contributed by atoms with van der Waals surface area (Å²) in [5.41, 5.74) is 2.24. The number of carbonyl (C=O) groups is 1. The third-order valence-electron chi connectivity index (χ3n) is 5.26. The van der Waals surface area contributed by atoms with Gasteiger partial charge in [-0.15, -0.1) is 0 Å². The Balaban J connectivity index is 1.51. The summed E-state index contributed by atoms with van der Waals surface area (Å²) in [4.78, 5) is 17.2. The molecular formula is C25H32N2O2. The molecule has 4 heteroatoms. The lowest BCUT2D eigenvalue weighted by Gasteiger charge is -2.29. The van der Waals surface area contributed by atoms with Crippen molar-refractivity contribution in [3.05, 3.63) is 77.9 Å². The first kappa shape index (κ1) is 21.3. The summed E-state index contributed by atoms with van der Waals surface area (Å²) in [5.74, 6) is 0.0515. The zero-order chi connectivity index (χ0) is 20.2. The first-order valence-corrected chi connectivity index (χ1v) is 10.6.